The van der Waals surface area contributed by atoms with Crippen molar-refractivity contribution in [2.75, 3.05) is 19.0 Å². The Kier molecular flexibility index (Phi) is 3.78. The minimum Gasteiger partial charge on any atom is -0.438 e. The predicted octanol–water partition coefficient (Wildman–Crippen LogP) is 2.94. The molecule has 0 aliphatic carbocycles. The zero-order valence-electron chi connectivity index (χ0n) is 9.59. The average molecular weight is 341 g/mol. The summed E-state index contributed by atoms with van der Waals surface area (Å²) in [6, 6.07) is 9.56. The third-order valence-electron chi connectivity index (χ3n) is 2.07. The van der Waals surface area contributed by atoms with Gasteiger partial charge in [-0.25, -0.2) is 4.98 Å². The molecule has 1 aromatic carbocycles. The molecule has 0 fully saturated rings. The monoisotopic (exact) mass is 341 g/mol. The van der Waals surface area contributed by atoms with Gasteiger partial charge in [-0.1, -0.05) is 12.1 Å². The van der Waals surface area contributed by atoms with E-state index in [0.717, 1.165) is 9.32 Å². The Labute approximate surface area is 114 Å². The second kappa shape index (κ2) is 5.31. The van der Waals surface area contributed by atoms with Crippen molar-refractivity contribution in [1.82, 2.24) is 9.97 Å². The van der Waals surface area contributed by atoms with Gasteiger partial charge in [-0.3, -0.25) is 0 Å². The van der Waals surface area contributed by atoms with Gasteiger partial charge in [0.2, 0.25) is 11.8 Å². The molecule has 17 heavy (non-hydrogen) atoms. The normalized spacial score (nSPS) is 10.1. The minimum atomic E-state index is 0.549. The number of hydrogen-bond donors (Lipinski definition) is 0. The summed E-state index contributed by atoms with van der Waals surface area (Å²) in [6.45, 7) is 0. The molecule has 2 aromatic rings. The Bertz CT molecular complexity index is 517. The van der Waals surface area contributed by atoms with Gasteiger partial charge in [0.15, 0.2) is 0 Å². The molecule has 0 aliphatic heterocycles. The second-order valence-corrected chi connectivity index (χ2v) is 4.78. The highest BCUT2D eigenvalue weighted by atomic mass is 127. The number of rotatable bonds is 3. The number of anilines is 1. The number of ether oxygens (including phenoxy) is 1. The number of para-hydroxylation sites is 1. The van der Waals surface area contributed by atoms with Crippen LogP contribution in [0, 0.1) is 3.57 Å². The quantitative estimate of drug-likeness (QED) is 0.805. The van der Waals surface area contributed by atoms with Crippen LogP contribution in [0.5, 0.6) is 11.6 Å². The molecule has 0 saturated carbocycles. The summed E-state index contributed by atoms with van der Waals surface area (Å²) in [5, 5.41) is 0. The summed E-state index contributed by atoms with van der Waals surface area (Å²) >= 11 is 2.23. The fourth-order valence-corrected chi connectivity index (χ4v) is 1.74. The van der Waals surface area contributed by atoms with Crippen LogP contribution in [0.4, 0.5) is 5.95 Å². The molecule has 0 bridgehead atoms. The number of aromatic nitrogens is 2. The molecule has 0 atom stereocenters. The molecule has 88 valence electrons. The van der Waals surface area contributed by atoms with Gasteiger partial charge >= 0.3 is 0 Å². The molecular weight excluding hydrogens is 329 g/mol. The first kappa shape index (κ1) is 12.1. The summed E-state index contributed by atoms with van der Waals surface area (Å²) in [4.78, 5) is 10.3. The van der Waals surface area contributed by atoms with E-state index >= 15 is 0 Å². The molecule has 4 nitrogen and oxygen atoms in total. The summed E-state index contributed by atoms with van der Waals surface area (Å²) in [6.07, 6.45) is 1.69. The van der Waals surface area contributed by atoms with Crippen molar-refractivity contribution >= 4 is 28.5 Å². The van der Waals surface area contributed by atoms with Gasteiger partial charge in [-0.15, -0.1) is 0 Å². The Balaban J connectivity index is 2.25. The lowest BCUT2D eigenvalue weighted by Crippen LogP contribution is -2.12. The van der Waals surface area contributed by atoms with Crippen molar-refractivity contribution in [2.45, 2.75) is 0 Å². The Morgan fingerprint density at radius 2 is 1.94 bits per heavy atom. The zero-order chi connectivity index (χ0) is 12.3. The van der Waals surface area contributed by atoms with Crippen LogP contribution in [0.25, 0.3) is 0 Å². The summed E-state index contributed by atoms with van der Waals surface area (Å²) in [7, 11) is 3.79. The molecule has 0 amide bonds. The largest absolute Gasteiger partial charge is 0.438 e. The Hall–Kier alpha value is -1.37. The van der Waals surface area contributed by atoms with E-state index in [-0.39, 0.29) is 0 Å². The Morgan fingerprint density at radius 1 is 1.18 bits per heavy atom. The molecule has 5 heteroatoms. The summed E-state index contributed by atoms with van der Waals surface area (Å²) in [5.41, 5.74) is 0. The summed E-state index contributed by atoms with van der Waals surface area (Å²) in [5.74, 6) is 1.98. The Morgan fingerprint density at radius 3 is 2.65 bits per heavy atom. The fourth-order valence-electron chi connectivity index (χ4n) is 1.24. The van der Waals surface area contributed by atoms with Gasteiger partial charge in [0.25, 0.3) is 0 Å². The standard InChI is InChI=1S/C12H12IN3O/c1-16(2)12-14-8-7-11(15-12)17-10-6-4-3-5-9(10)13/h3-8H,1-2H3. The lowest BCUT2D eigenvalue weighted by atomic mass is 10.3. The van der Waals surface area contributed by atoms with E-state index in [1.807, 2.05) is 43.3 Å². The maximum atomic E-state index is 5.71. The summed E-state index contributed by atoms with van der Waals surface area (Å²) < 4.78 is 6.77. The van der Waals surface area contributed by atoms with Crippen LogP contribution in [-0.2, 0) is 0 Å². The van der Waals surface area contributed by atoms with Crippen LogP contribution in [0.3, 0.4) is 0 Å². The molecule has 0 aliphatic rings. The molecule has 2 rings (SSSR count). The fraction of sp³-hybridized carbons (Fsp3) is 0.167. The third kappa shape index (κ3) is 3.06. The minimum absolute atomic E-state index is 0.549. The van der Waals surface area contributed by atoms with Crippen LogP contribution in [0.15, 0.2) is 36.5 Å². The maximum Gasteiger partial charge on any atom is 0.228 e. The second-order valence-electron chi connectivity index (χ2n) is 3.62. The van der Waals surface area contributed by atoms with Crippen LogP contribution < -0.4 is 9.64 Å². The molecule has 0 radical (unpaired) electrons. The molecular formula is C12H12IN3O. The first-order chi connectivity index (χ1) is 8.16. The van der Waals surface area contributed by atoms with E-state index in [9.17, 15) is 0 Å². The van der Waals surface area contributed by atoms with Crippen molar-refractivity contribution < 1.29 is 4.74 Å². The SMILES string of the molecule is CN(C)c1nccc(Oc2ccccc2I)n1. The highest BCUT2D eigenvalue weighted by Gasteiger charge is 2.05. The molecule has 0 N–H and O–H groups in total. The van der Waals surface area contributed by atoms with Gasteiger partial charge in [0.05, 0.1) is 3.57 Å². The molecule has 1 aromatic heterocycles. The zero-order valence-corrected chi connectivity index (χ0v) is 11.7. The van der Waals surface area contributed by atoms with Gasteiger partial charge < -0.3 is 9.64 Å². The topological polar surface area (TPSA) is 38.2 Å². The van der Waals surface area contributed by atoms with Crippen LogP contribution in [0.2, 0.25) is 0 Å². The highest BCUT2D eigenvalue weighted by Crippen LogP contribution is 2.25. The van der Waals surface area contributed by atoms with Crippen LogP contribution >= 0.6 is 22.6 Å². The van der Waals surface area contributed by atoms with Crippen LogP contribution in [0.1, 0.15) is 0 Å². The van der Waals surface area contributed by atoms with E-state index < -0.39 is 0 Å². The third-order valence-corrected chi connectivity index (χ3v) is 2.96. The maximum absolute atomic E-state index is 5.71. The highest BCUT2D eigenvalue weighted by molar-refractivity contribution is 14.1. The molecule has 0 unspecified atom stereocenters. The molecule has 1 heterocycles. The lowest BCUT2D eigenvalue weighted by Gasteiger charge is -2.11. The van der Waals surface area contributed by atoms with E-state index in [0.29, 0.717) is 11.8 Å². The van der Waals surface area contributed by atoms with Crippen molar-refractivity contribution in [2.24, 2.45) is 0 Å². The number of hydrogen-bond acceptors (Lipinski definition) is 4. The van der Waals surface area contributed by atoms with Crippen molar-refractivity contribution in [3.8, 4) is 11.6 Å². The number of halogens is 1. The van der Waals surface area contributed by atoms with Gasteiger partial charge in [0, 0.05) is 26.4 Å². The number of nitrogens with zero attached hydrogens (tertiary/aromatic N) is 3. The predicted molar refractivity (Wildman–Crippen MR) is 75.6 cm³/mol. The van der Waals surface area contributed by atoms with Crippen molar-refractivity contribution in [3.63, 3.8) is 0 Å². The van der Waals surface area contributed by atoms with Crippen molar-refractivity contribution in [1.29, 1.82) is 0 Å². The smallest absolute Gasteiger partial charge is 0.228 e. The van der Waals surface area contributed by atoms with E-state index in [1.165, 1.54) is 0 Å². The van der Waals surface area contributed by atoms with Crippen LogP contribution in [-0.4, -0.2) is 24.1 Å². The number of benzene rings is 1. The lowest BCUT2D eigenvalue weighted by molar-refractivity contribution is 0.458. The van der Waals surface area contributed by atoms with E-state index in [4.69, 9.17) is 4.74 Å². The first-order valence-electron chi connectivity index (χ1n) is 5.09. The molecule has 0 spiro atoms. The van der Waals surface area contributed by atoms with E-state index in [2.05, 4.69) is 32.6 Å². The van der Waals surface area contributed by atoms with E-state index in [1.54, 1.807) is 12.3 Å². The van der Waals surface area contributed by atoms with Gasteiger partial charge in [-0.05, 0) is 34.7 Å². The van der Waals surface area contributed by atoms with Gasteiger partial charge in [0.1, 0.15) is 5.75 Å². The average Bonchev–Trinajstić information content (AvgIpc) is 2.32. The van der Waals surface area contributed by atoms with Gasteiger partial charge in [-0.2, -0.15) is 4.98 Å². The van der Waals surface area contributed by atoms with Crippen molar-refractivity contribution in [3.05, 3.63) is 40.1 Å². The first-order valence-corrected chi connectivity index (χ1v) is 6.17. The molecule has 0 saturated heterocycles.